The molecule has 0 saturated carbocycles. The Kier molecular flexibility index (Phi) is 8.42. The van der Waals surface area contributed by atoms with Gasteiger partial charge in [0.05, 0.1) is 6.61 Å². The van der Waals surface area contributed by atoms with Crippen molar-refractivity contribution in [3.63, 3.8) is 0 Å². The largest absolute Gasteiger partial charge is 1.00 e. The molecular weight excluding hydrogens is 408 g/mol. The Morgan fingerprint density at radius 2 is 1.19 bits per heavy atom. The molecular formula is C21H17F2O2Rb. The van der Waals surface area contributed by atoms with Crippen molar-refractivity contribution < 1.29 is 76.4 Å². The number of ether oxygens (including phenoxy) is 2. The second kappa shape index (κ2) is 10.3. The van der Waals surface area contributed by atoms with E-state index in [-0.39, 0.29) is 82.9 Å². The summed E-state index contributed by atoms with van der Waals surface area (Å²) in [5, 5.41) is 0. The van der Waals surface area contributed by atoms with E-state index in [9.17, 15) is 8.78 Å². The molecule has 0 aliphatic carbocycles. The predicted octanol–water partition coefficient (Wildman–Crippen LogP) is 2.24. The van der Waals surface area contributed by atoms with Crippen molar-refractivity contribution in [2.45, 2.75) is 20.1 Å². The number of benzene rings is 3. The van der Waals surface area contributed by atoms with E-state index in [2.05, 4.69) is 6.07 Å². The van der Waals surface area contributed by atoms with E-state index in [1.165, 1.54) is 12.1 Å². The Hall–Kier alpha value is -1.07. The normalized spacial score (nSPS) is 10.1. The van der Waals surface area contributed by atoms with Crippen LogP contribution < -0.4 is 67.7 Å². The predicted molar refractivity (Wildman–Crippen MR) is 91.5 cm³/mol. The fourth-order valence-corrected chi connectivity index (χ4v) is 2.26. The molecule has 0 aromatic heterocycles. The van der Waals surface area contributed by atoms with E-state index >= 15 is 0 Å². The van der Waals surface area contributed by atoms with Crippen LogP contribution in [0.5, 0.6) is 11.5 Å². The molecule has 0 aliphatic rings. The summed E-state index contributed by atoms with van der Waals surface area (Å²) in [6, 6.07) is 20.3. The van der Waals surface area contributed by atoms with Gasteiger partial charge >= 0.3 is 58.2 Å². The number of hydrogen-bond donors (Lipinski definition) is 0. The van der Waals surface area contributed by atoms with E-state index in [1.54, 1.807) is 24.3 Å². The molecule has 5 heteroatoms. The smallest absolute Gasteiger partial charge is 0.488 e. The molecule has 0 fully saturated rings. The van der Waals surface area contributed by atoms with Crippen molar-refractivity contribution in [1.29, 1.82) is 0 Å². The number of rotatable bonds is 6. The molecule has 3 aromatic carbocycles. The molecule has 3 aromatic rings. The fraction of sp³-hybridized carbons (Fsp3) is 0.143. The van der Waals surface area contributed by atoms with Crippen molar-refractivity contribution in [3.8, 4) is 11.5 Å². The molecule has 2 nitrogen and oxygen atoms in total. The third-order valence-corrected chi connectivity index (χ3v) is 3.71. The molecule has 0 saturated heterocycles. The van der Waals surface area contributed by atoms with Crippen LogP contribution in [0.2, 0.25) is 0 Å². The zero-order valence-corrected chi connectivity index (χ0v) is 19.7. The van der Waals surface area contributed by atoms with Crippen LogP contribution in [0.25, 0.3) is 0 Å². The molecule has 0 unspecified atom stereocenters. The standard InChI is InChI=1S/C21H17F2O2.Rb/c1-15-7-9-17(10-8-15)14-25-19-12-11-18(20(22)21(19)23)24-13-16-5-3-2-4-6-16;/h3-12H,13-14H2,1H3;/q-1;+1. The Balaban J connectivity index is 0.00000243. The van der Waals surface area contributed by atoms with Gasteiger partial charge in [0.25, 0.3) is 0 Å². The first-order chi connectivity index (χ1) is 12.1. The Bertz CT molecular complexity index is 837. The van der Waals surface area contributed by atoms with Crippen LogP contribution in [0.4, 0.5) is 8.78 Å². The van der Waals surface area contributed by atoms with E-state index in [4.69, 9.17) is 9.47 Å². The maximum absolute atomic E-state index is 14.2. The van der Waals surface area contributed by atoms with Crippen LogP contribution in [-0.4, -0.2) is 0 Å². The molecule has 0 amide bonds. The second-order valence-corrected chi connectivity index (χ2v) is 5.66. The van der Waals surface area contributed by atoms with E-state index in [0.29, 0.717) is 0 Å². The third-order valence-electron chi connectivity index (χ3n) is 3.71. The topological polar surface area (TPSA) is 18.5 Å². The van der Waals surface area contributed by atoms with Crippen molar-refractivity contribution in [2.24, 2.45) is 0 Å². The summed E-state index contributed by atoms with van der Waals surface area (Å²) in [5.41, 5.74) is 2.85. The quantitative estimate of drug-likeness (QED) is 0.565. The summed E-state index contributed by atoms with van der Waals surface area (Å²) >= 11 is 0. The van der Waals surface area contributed by atoms with Gasteiger partial charge in [-0.2, -0.15) is 39.1 Å². The van der Waals surface area contributed by atoms with Gasteiger partial charge in [-0.15, -0.1) is 5.56 Å². The molecule has 0 atom stereocenters. The Labute approximate surface area is 200 Å². The summed E-state index contributed by atoms with van der Waals surface area (Å²) < 4.78 is 39.1. The van der Waals surface area contributed by atoms with Gasteiger partial charge in [-0.25, -0.2) is 0 Å². The van der Waals surface area contributed by atoms with Crippen LogP contribution >= 0.6 is 0 Å². The summed E-state index contributed by atoms with van der Waals surface area (Å²) in [4.78, 5) is 0. The second-order valence-electron chi connectivity index (χ2n) is 5.66. The minimum Gasteiger partial charge on any atom is -0.488 e. The average Bonchev–Trinajstić information content (AvgIpc) is 2.64. The van der Waals surface area contributed by atoms with Crippen LogP contribution in [-0.2, 0) is 13.2 Å². The van der Waals surface area contributed by atoms with Gasteiger partial charge in [-0.3, -0.25) is 0 Å². The minimum atomic E-state index is -1.05. The molecule has 3 rings (SSSR count). The van der Waals surface area contributed by atoms with Gasteiger partial charge in [0, 0.05) is 0 Å². The molecule has 128 valence electrons. The van der Waals surface area contributed by atoms with Crippen LogP contribution in [0, 0.1) is 24.6 Å². The van der Waals surface area contributed by atoms with Gasteiger partial charge in [0.15, 0.2) is 11.5 Å². The number of hydrogen-bond acceptors (Lipinski definition) is 2. The molecule has 0 aliphatic heterocycles. The first-order valence-electron chi connectivity index (χ1n) is 7.87. The first-order valence-corrected chi connectivity index (χ1v) is 7.87. The third kappa shape index (κ3) is 5.71. The summed E-state index contributed by atoms with van der Waals surface area (Å²) in [6.45, 7) is 2.29. The maximum Gasteiger partial charge on any atom is 1.00 e. The van der Waals surface area contributed by atoms with Gasteiger partial charge in [0.1, 0.15) is 6.61 Å². The molecule has 0 heterocycles. The van der Waals surface area contributed by atoms with Gasteiger partial charge in [0.2, 0.25) is 11.6 Å². The minimum absolute atomic E-state index is 0. The Morgan fingerprint density at radius 3 is 1.69 bits per heavy atom. The Morgan fingerprint density at radius 1 is 0.731 bits per heavy atom. The van der Waals surface area contributed by atoms with Crippen molar-refractivity contribution in [1.82, 2.24) is 0 Å². The zero-order valence-electron chi connectivity index (χ0n) is 14.8. The van der Waals surface area contributed by atoms with Crippen LogP contribution in [0.3, 0.4) is 0 Å². The van der Waals surface area contributed by atoms with Crippen molar-refractivity contribution in [2.75, 3.05) is 0 Å². The summed E-state index contributed by atoms with van der Waals surface area (Å²) in [5.74, 6) is -2.39. The van der Waals surface area contributed by atoms with E-state index in [0.717, 1.165) is 16.7 Å². The maximum atomic E-state index is 14.2. The van der Waals surface area contributed by atoms with Crippen LogP contribution in [0.1, 0.15) is 16.7 Å². The SMILES string of the molecule is Cc1ccc(COc2ccc(OCc3cc[c-]cc3)c(F)c2F)cc1.[Rb+]. The van der Waals surface area contributed by atoms with Gasteiger partial charge in [-0.05, 0) is 24.6 Å². The fourth-order valence-electron chi connectivity index (χ4n) is 2.26. The van der Waals surface area contributed by atoms with E-state index < -0.39 is 11.6 Å². The summed E-state index contributed by atoms with van der Waals surface area (Å²) in [7, 11) is 0. The molecule has 0 N–H and O–H groups in total. The van der Waals surface area contributed by atoms with Crippen molar-refractivity contribution >= 4 is 0 Å². The molecule has 0 radical (unpaired) electrons. The van der Waals surface area contributed by atoms with Gasteiger partial charge in [-0.1, -0.05) is 29.8 Å². The molecule has 0 bridgehead atoms. The molecule has 0 spiro atoms. The average molecular weight is 425 g/mol. The first kappa shape index (κ1) is 21.2. The monoisotopic (exact) mass is 424 g/mol. The van der Waals surface area contributed by atoms with Crippen LogP contribution in [0.15, 0.2) is 60.7 Å². The number of halogens is 2. The molecule has 26 heavy (non-hydrogen) atoms. The number of aryl methyl sites for hydroxylation is 1. The zero-order chi connectivity index (χ0) is 17.6. The van der Waals surface area contributed by atoms with Crippen molar-refractivity contribution in [3.05, 3.63) is 95.1 Å². The summed E-state index contributed by atoms with van der Waals surface area (Å²) in [6.07, 6.45) is 0. The van der Waals surface area contributed by atoms with E-state index in [1.807, 2.05) is 31.2 Å². The van der Waals surface area contributed by atoms with Gasteiger partial charge < -0.3 is 9.47 Å².